The Balaban J connectivity index is 2.30. The molecule has 0 aliphatic heterocycles. The molecule has 2 aromatic carbocycles. The molecule has 0 bridgehead atoms. The number of amides is 1. The lowest BCUT2D eigenvalue weighted by atomic mass is 10.1. The fraction of sp³-hybridized carbons (Fsp3) is 0.133. The van der Waals surface area contributed by atoms with E-state index in [9.17, 15) is 9.18 Å². The summed E-state index contributed by atoms with van der Waals surface area (Å²) < 4.78 is 13.2. The number of benzene rings is 2. The SMILES string of the molecule is Cc1ccc(N)c(C(=O)Nc2cc(F)ccc2C)c1. The molecule has 2 rings (SSSR count). The van der Waals surface area contributed by atoms with Gasteiger partial charge in [-0.05, 0) is 43.7 Å². The summed E-state index contributed by atoms with van der Waals surface area (Å²) in [5, 5.41) is 2.68. The molecule has 4 heteroatoms. The van der Waals surface area contributed by atoms with Gasteiger partial charge in [0.25, 0.3) is 5.91 Å². The van der Waals surface area contributed by atoms with Crippen LogP contribution in [0.25, 0.3) is 0 Å². The zero-order valence-corrected chi connectivity index (χ0v) is 10.8. The minimum absolute atomic E-state index is 0.338. The summed E-state index contributed by atoms with van der Waals surface area (Å²) in [4.78, 5) is 12.1. The molecule has 0 saturated heterocycles. The molecular weight excluding hydrogens is 243 g/mol. The predicted molar refractivity (Wildman–Crippen MR) is 74.7 cm³/mol. The number of aryl methyl sites for hydroxylation is 2. The molecule has 0 saturated carbocycles. The van der Waals surface area contributed by atoms with Gasteiger partial charge in [-0.2, -0.15) is 0 Å². The summed E-state index contributed by atoms with van der Waals surface area (Å²) in [5.41, 5.74) is 8.75. The van der Waals surface area contributed by atoms with E-state index in [4.69, 9.17) is 5.73 Å². The number of nitrogens with one attached hydrogen (secondary N) is 1. The quantitative estimate of drug-likeness (QED) is 0.812. The van der Waals surface area contributed by atoms with Crippen molar-refractivity contribution in [2.75, 3.05) is 11.1 Å². The Morgan fingerprint density at radius 3 is 2.63 bits per heavy atom. The van der Waals surface area contributed by atoms with Gasteiger partial charge in [-0.25, -0.2) is 4.39 Å². The van der Waals surface area contributed by atoms with E-state index in [1.165, 1.54) is 12.1 Å². The Morgan fingerprint density at radius 1 is 1.16 bits per heavy atom. The van der Waals surface area contributed by atoms with Gasteiger partial charge in [-0.15, -0.1) is 0 Å². The fourth-order valence-electron chi connectivity index (χ4n) is 1.79. The molecule has 0 aliphatic rings. The van der Waals surface area contributed by atoms with E-state index in [2.05, 4.69) is 5.32 Å². The van der Waals surface area contributed by atoms with Crippen molar-refractivity contribution in [3.05, 3.63) is 58.9 Å². The smallest absolute Gasteiger partial charge is 0.257 e. The zero-order valence-electron chi connectivity index (χ0n) is 10.8. The highest BCUT2D eigenvalue weighted by atomic mass is 19.1. The van der Waals surface area contributed by atoms with Crippen LogP contribution in [0.5, 0.6) is 0 Å². The first-order valence-electron chi connectivity index (χ1n) is 5.91. The standard InChI is InChI=1S/C15H15FN2O/c1-9-3-6-13(17)12(7-9)15(19)18-14-8-11(16)5-4-10(14)2/h3-8H,17H2,1-2H3,(H,18,19). The summed E-state index contributed by atoms with van der Waals surface area (Å²) in [6.45, 7) is 3.68. The molecule has 0 fully saturated rings. The normalized spacial score (nSPS) is 10.3. The number of halogens is 1. The molecule has 0 radical (unpaired) electrons. The van der Waals surface area contributed by atoms with E-state index < -0.39 is 5.82 Å². The highest BCUT2D eigenvalue weighted by Gasteiger charge is 2.11. The van der Waals surface area contributed by atoms with E-state index in [0.29, 0.717) is 16.9 Å². The van der Waals surface area contributed by atoms with Crippen molar-refractivity contribution in [2.24, 2.45) is 0 Å². The van der Waals surface area contributed by atoms with Crippen LogP contribution in [0.4, 0.5) is 15.8 Å². The van der Waals surface area contributed by atoms with Crippen molar-refractivity contribution in [1.29, 1.82) is 0 Å². The summed E-state index contributed by atoms with van der Waals surface area (Å²) >= 11 is 0. The lowest BCUT2D eigenvalue weighted by Gasteiger charge is -2.10. The number of hydrogen-bond donors (Lipinski definition) is 2. The molecule has 0 heterocycles. The van der Waals surface area contributed by atoms with Crippen LogP contribution in [0.2, 0.25) is 0 Å². The van der Waals surface area contributed by atoms with E-state index in [-0.39, 0.29) is 5.91 Å². The molecular formula is C15H15FN2O. The van der Waals surface area contributed by atoms with Gasteiger partial charge in [-0.3, -0.25) is 4.79 Å². The number of carbonyl (C=O) groups is 1. The van der Waals surface area contributed by atoms with Crippen LogP contribution < -0.4 is 11.1 Å². The Morgan fingerprint density at radius 2 is 1.89 bits per heavy atom. The zero-order chi connectivity index (χ0) is 14.0. The average Bonchev–Trinajstić information content (AvgIpc) is 2.36. The third-order valence-electron chi connectivity index (χ3n) is 2.90. The minimum atomic E-state index is -0.391. The molecule has 3 nitrogen and oxygen atoms in total. The van der Waals surface area contributed by atoms with Crippen molar-refractivity contribution in [1.82, 2.24) is 0 Å². The Labute approximate surface area is 111 Å². The molecule has 2 aromatic rings. The van der Waals surface area contributed by atoms with Gasteiger partial charge >= 0.3 is 0 Å². The maximum Gasteiger partial charge on any atom is 0.257 e. The van der Waals surface area contributed by atoms with Crippen molar-refractivity contribution in [3.63, 3.8) is 0 Å². The molecule has 19 heavy (non-hydrogen) atoms. The maximum absolute atomic E-state index is 13.2. The summed E-state index contributed by atoms with van der Waals surface area (Å²) in [6.07, 6.45) is 0. The monoisotopic (exact) mass is 258 g/mol. The average molecular weight is 258 g/mol. The first-order chi connectivity index (χ1) is 8.97. The minimum Gasteiger partial charge on any atom is -0.398 e. The number of hydrogen-bond acceptors (Lipinski definition) is 2. The lowest BCUT2D eigenvalue weighted by molar-refractivity contribution is 0.102. The van der Waals surface area contributed by atoms with E-state index in [1.54, 1.807) is 25.1 Å². The molecule has 0 unspecified atom stereocenters. The van der Waals surface area contributed by atoms with E-state index in [1.807, 2.05) is 13.0 Å². The second kappa shape index (κ2) is 5.10. The molecule has 0 aromatic heterocycles. The van der Waals surface area contributed by atoms with Gasteiger partial charge in [0.2, 0.25) is 0 Å². The fourth-order valence-corrected chi connectivity index (χ4v) is 1.79. The Bertz CT molecular complexity index is 638. The van der Waals surface area contributed by atoms with Crippen molar-refractivity contribution in [3.8, 4) is 0 Å². The summed E-state index contributed by atoms with van der Waals surface area (Å²) in [7, 11) is 0. The van der Waals surface area contributed by atoms with Crippen LogP contribution in [-0.4, -0.2) is 5.91 Å². The van der Waals surface area contributed by atoms with Gasteiger partial charge in [0.1, 0.15) is 5.82 Å². The van der Waals surface area contributed by atoms with Crippen molar-refractivity contribution >= 4 is 17.3 Å². The van der Waals surface area contributed by atoms with Gasteiger partial charge in [-0.1, -0.05) is 17.7 Å². The first-order valence-corrected chi connectivity index (χ1v) is 5.91. The third kappa shape index (κ3) is 2.91. The number of anilines is 2. The highest BCUT2D eigenvalue weighted by Crippen LogP contribution is 2.19. The van der Waals surface area contributed by atoms with Crippen LogP contribution in [-0.2, 0) is 0 Å². The number of nitrogens with two attached hydrogens (primary N) is 1. The third-order valence-corrected chi connectivity index (χ3v) is 2.90. The van der Waals surface area contributed by atoms with Gasteiger partial charge < -0.3 is 11.1 Å². The van der Waals surface area contributed by atoms with E-state index in [0.717, 1.165) is 11.1 Å². The van der Waals surface area contributed by atoms with Gasteiger partial charge in [0.15, 0.2) is 0 Å². The molecule has 1 amide bonds. The van der Waals surface area contributed by atoms with Gasteiger partial charge in [0, 0.05) is 11.4 Å². The highest BCUT2D eigenvalue weighted by molar-refractivity contribution is 6.08. The number of nitrogen functional groups attached to an aromatic ring is 1. The maximum atomic E-state index is 13.2. The van der Waals surface area contributed by atoms with E-state index >= 15 is 0 Å². The number of rotatable bonds is 2. The predicted octanol–water partition coefficient (Wildman–Crippen LogP) is 3.28. The summed E-state index contributed by atoms with van der Waals surface area (Å²) in [6, 6.07) is 9.48. The Hall–Kier alpha value is -2.36. The molecule has 0 spiro atoms. The van der Waals surface area contributed by atoms with Crippen molar-refractivity contribution in [2.45, 2.75) is 13.8 Å². The topological polar surface area (TPSA) is 55.1 Å². The lowest BCUT2D eigenvalue weighted by Crippen LogP contribution is -2.15. The van der Waals surface area contributed by atoms with Crippen LogP contribution >= 0.6 is 0 Å². The number of carbonyl (C=O) groups excluding carboxylic acids is 1. The molecule has 0 atom stereocenters. The second-order valence-corrected chi connectivity index (χ2v) is 4.50. The first kappa shape index (κ1) is 13.1. The molecule has 3 N–H and O–H groups in total. The summed E-state index contributed by atoms with van der Waals surface area (Å²) in [5.74, 6) is -0.729. The van der Waals surface area contributed by atoms with Crippen LogP contribution in [0.1, 0.15) is 21.5 Å². The Kier molecular flexibility index (Phi) is 3.51. The molecule has 0 aliphatic carbocycles. The van der Waals surface area contributed by atoms with Crippen molar-refractivity contribution < 1.29 is 9.18 Å². The van der Waals surface area contributed by atoms with Crippen LogP contribution in [0.15, 0.2) is 36.4 Å². The van der Waals surface area contributed by atoms with Crippen LogP contribution in [0, 0.1) is 19.7 Å². The van der Waals surface area contributed by atoms with Crippen LogP contribution in [0.3, 0.4) is 0 Å². The molecule has 98 valence electrons. The van der Waals surface area contributed by atoms with Gasteiger partial charge in [0.05, 0.1) is 5.56 Å². The largest absolute Gasteiger partial charge is 0.398 e. The second-order valence-electron chi connectivity index (χ2n) is 4.50.